The quantitative estimate of drug-likeness (QED) is 0.521. The first-order valence-corrected chi connectivity index (χ1v) is 8.16. The van der Waals surface area contributed by atoms with Crippen molar-refractivity contribution in [1.29, 1.82) is 0 Å². The van der Waals surface area contributed by atoms with Gasteiger partial charge in [-0.3, -0.25) is 19.7 Å². The molecule has 0 aliphatic rings. The number of nitrogens with zero attached hydrogens (tertiary/aromatic N) is 3. The van der Waals surface area contributed by atoms with Crippen LogP contribution in [-0.4, -0.2) is 26.9 Å². The zero-order valence-corrected chi connectivity index (χ0v) is 14.8. The van der Waals surface area contributed by atoms with Gasteiger partial charge in [0, 0.05) is 22.6 Å². The van der Waals surface area contributed by atoms with Crippen molar-refractivity contribution in [2.45, 2.75) is 6.92 Å². The third kappa shape index (κ3) is 3.74. The smallest absolute Gasteiger partial charge is 0.280 e. The Morgan fingerprint density at radius 3 is 2.80 bits per heavy atom. The third-order valence-electron chi connectivity index (χ3n) is 3.46. The fourth-order valence-electron chi connectivity index (χ4n) is 2.23. The molecule has 0 spiro atoms. The molecule has 0 radical (unpaired) electrons. The number of carbonyl (C=O) groups is 1. The molecule has 2 aromatic heterocycles. The summed E-state index contributed by atoms with van der Waals surface area (Å²) in [6.45, 7) is 1.77. The molecular formula is C17H14BrN5O2. The molecule has 2 heterocycles. The predicted molar refractivity (Wildman–Crippen MR) is 98.1 cm³/mol. The van der Waals surface area contributed by atoms with Crippen LogP contribution in [0.4, 0.5) is 0 Å². The van der Waals surface area contributed by atoms with Crippen molar-refractivity contribution in [2.24, 2.45) is 5.10 Å². The van der Waals surface area contributed by atoms with E-state index in [1.807, 2.05) is 30.3 Å². The van der Waals surface area contributed by atoms with Gasteiger partial charge in [-0.15, -0.1) is 0 Å². The second-order valence-electron chi connectivity index (χ2n) is 5.22. The van der Waals surface area contributed by atoms with Crippen LogP contribution < -0.4 is 11.0 Å². The minimum absolute atomic E-state index is 0.245. The average Bonchev–Trinajstić information content (AvgIpc) is 2.90. The highest BCUT2D eigenvalue weighted by Gasteiger charge is 2.11. The molecule has 3 aromatic rings. The van der Waals surface area contributed by atoms with E-state index in [1.165, 1.54) is 17.1 Å². The molecule has 0 saturated heterocycles. The number of aromatic nitrogens is 3. The molecule has 0 saturated carbocycles. The molecule has 1 amide bonds. The van der Waals surface area contributed by atoms with Crippen molar-refractivity contribution in [2.75, 3.05) is 0 Å². The second-order valence-corrected chi connectivity index (χ2v) is 6.13. The molecule has 1 aromatic carbocycles. The minimum atomic E-state index is -0.415. The van der Waals surface area contributed by atoms with Crippen LogP contribution >= 0.6 is 15.9 Å². The number of hydrazone groups is 1. The Morgan fingerprint density at radius 1 is 1.32 bits per heavy atom. The van der Waals surface area contributed by atoms with E-state index in [0.717, 1.165) is 5.69 Å². The van der Waals surface area contributed by atoms with Gasteiger partial charge < -0.3 is 0 Å². The van der Waals surface area contributed by atoms with Crippen LogP contribution in [0.5, 0.6) is 0 Å². The highest BCUT2D eigenvalue weighted by atomic mass is 79.9. The van der Waals surface area contributed by atoms with Gasteiger partial charge in [-0.1, -0.05) is 18.2 Å². The summed E-state index contributed by atoms with van der Waals surface area (Å²) in [5.74, 6) is -0.415. The fraction of sp³-hybridized carbons (Fsp3) is 0.0588. The maximum absolute atomic E-state index is 12.5. The van der Waals surface area contributed by atoms with Gasteiger partial charge in [0.1, 0.15) is 0 Å². The molecule has 0 unspecified atom stereocenters. The molecule has 126 valence electrons. The van der Waals surface area contributed by atoms with Crippen molar-refractivity contribution in [3.8, 4) is 5.69 Å². The average molecular weight is 400 g/mol. The Labute approximate surface area is 151 Å². The van der Waals surface area contributed by atoms with E-state index in [0.29, 0.717) is 21.3 Å². The van der Waals surface area contributed by atoms with Crippen LogP contribution in [0.3, 0.4) is 0 Å². The maximum Gasteiger partial charge on any atom is 0.280 e. The largest absolute Gasteiger partial charge is 0.295 e. The van der Waals surface area contributed by atoms with E-state index in [-0.39, 0.29) is 5.56 Å². The molecule has 8 heteroatoms. The van der Waals surface area contributed by atoms with E-state index in [4.69, 9.17) is 0 Å². The van der Waals surface area contributed by atoms with Crippen LogP contribution in [0, 0.1) is 6.92 Å². The van der Waals surface area contributed by atoms with Crippen molar-refractivity contribution in [3.63, 3.8) is 0 Å². The fourth-order valence-corrected chi connectivity index (χ4v) is 2.59. The number of halogens is 1. The second kappa shape index (κ2) is 7.27. The molecule has 0 aliphatic heterocycles. The zero-order chi connectivity index (χ0) is 17.8. The highest BCUT2D eigenvalue weighted by Crippen LogP contribution is 2.09. The summed E-state index contributed by atoms with van der Waals surface area (Å²) in [5, 5.41) is 6.87. The van der Waals surface area contributed by atoms with Crippen LogP contribution in [0.1, 0.15) is 21.6 Å². The summed E-state index contributed by atoms with van der Waals surface area (Å²) in [6.07, 6.45) is 4.34. The van der Waals surface area contributed by atoms with E-state index in [1.54, 1.807) is 19.2 Å². The Morgan fingerprint density at radius 2 is 2.08 bits per heavy atom. The summed E-state index contributed by atoms with van der Waals surface area (Å²) >= 11 is 3.25. The van der Waals surface area contributed by atoms with E-state index in [2.05, 4.69) is 36.5 Å². The van der Waals surface area contributed by atoms with E-state index in [9.17, 15) is 9.59 Å². The van der Waals surface area contributed by atoms with Crippen molar-refractivity contribution in [1.82, 2.24) is 20.2 Å². The zero-order valence-electron chi connectivity index (χ0n) is 13.2. The third-order valence-corrected chi connectivity index (χ3v) is 3.89. The first-order chi connectivity index (χ1) is 12.1. The number of aryl methyl sites for hydroxylation is 1. The summed E-state index contributed by atoms with van der Waals surface area (Å²) in [7, 11) is 0. The standard InChI is InChI=1S/C17H14BrN5O2/c1-11-15(17(25)23(22-11)14-5-3-2-4-6-14)10-20-21-16(24)12-7-13(18)9-19-8-12/h2-10,22H,1H3,(H,21,24)/b20-10+. The number of amides is 1. The SMILES string of the molecule is Cc1[nH]n(-c2ccccc2)c(=O)c1/C=N/NC(=O)c1cncc(Br)c1. The van der Waals surface area contributed by atoms with Gasteiger partial charge in [-0.05, 0) is 41.1 Å². The molecule has 25 heavy (non-hydrogen) atoms. The van der Waals surface area contributed by atoms with Crippen LogP contribution in [-0.2, 0) is 0 Å². The lowest BCUT2D eigenvalue weighted by atomic mass is 10.3. The lowest BCUT2D eigenvalue weighted by Crippen LogP contribution is -2.20. The molecule has 0 atom stereocenters. The van der Waals surface area contributed by atoms with E-state index < -0.39 is 5.91 Å². The van der Waals surface area contributed by atoms with Crippen LogP contribution in [0.2, 0.25) is 0 Å². The Hall–Kier alpha value is -3.00. The number of carbonyl (C=O) groups excluding carboxylic acids is 1. The highest BCUT2D eigenvalue weighted by molar-refractivity contribution is 9.10. The van der Waals surface area contributed by atoms with Gasteiger partial charge in [0.05, 0.1) is 23.0 Å². The number of para-hydroxylation sites is 1. The number of aromatic amines is 1. The first-order valence-electron chi connectivity index (χ1n) is 7.37. The first kappa shape index (κ1) is 16.8. The summed E-state index contributed by atoms with van der Waals surface area (Å²) in [4.78, 5) is 28.4. The van der Waals surface area contributed by atoms with Crippen molar-refractivity contribution >= 4 is 28.1 Å². The number of rotatable bonds is 4. The minimum Gasteiger partial charge on any atom is -0.295 e. The van der Waals surface area contributed by atoms with Crippen molar-refractivity contribution < 1.29 is 4.79 Å². The Balaban J connectivity index is 1.79. The lowest BCUT2D eigenvalue weighted by molar-refractivity contribution is 0.0954. The summed E-state index contributed by atoms with van der Waals surface area (Å²) < 4.78 is 2.12. The molecule has 3 rings (SSSR count). The molecule has 2 N–H and O–H groups in total. The number of H-pyrrole nitrogens is 1. The van der Waals surface area contributed by atoms with Gasteiger partial charge in [0.2, 0.25) is 0 Å². The van der Waals surface area contributed by atoms with Gasteiger partial charge in [0.15, 0.2) is 0 Å². The number of hydrogen-bond acceptors (Lipinski definition) is 4. The number of nitrogens with one attached hydrogen (secondary N) is 2. The molecular weight excluding hydrogens is 386 g/mol. The molecule has 0 fully saturated rings. The predicted octanol–water partition coefficient (Wildman–Crippen LogP) is 2.40. The lowest BCUT2D eigenvalue weighted by Gasteiger charge is -1.99. The Bertz CT molecular complexity index is 992. The van der Waals surface area contributed by atoms with E-state index >= 15 is 0 Å². The van der Waals surface area contributed by atoms with Gasteiger partial charge in [-0.25, -0.2) is 10.1 Å². The number of hydrogen-bond donors (Lipinski definition) is 2. The van der Waals surface area contributed by atoms with Crippen molar-refractivity contribution in [3.05, 3.63) is 80.4 Å². The molecule has 7 nitrogen and oxygen atoms in total. The van der Waals surface area contributed by atoms with Gasteiger partial charge >= 0.3 is 0 Å². The van der Waals surface area contributed by atoms with Gasteiger partial charge in [-0.2, -0.15) is 5.10 Å². The number of benzene rings is 1. The molecule has 0 bridgehead atoms. The molecule has 0 aliphatic carbocycles. The number of pyridine rings is 1. The normalized spacial score (nSPS) is 11.0. The van der Waals surface area contributed by atoms with Crippen LogP contribution in [0.25, 0.3) is 5.69 Å². The topological polar surface area (TPSA) is 92.1 Å². The summed E-state index contributed by atoms with van der Waals surface area (Å²) in [6, 6.07) is 10.8. The summed E-state index contributed by atoms with van der Waals surface area (Å²) in [5.41, 5.74) is 4.24. The van der Waals surface area contributed by atoms with Gasteiger partial charge in [0.25, 0.3) is 11.5 Å². The monoisotopic (exact) mass is 399 g/mol. The Kier molecular flexibility index (Phi) is 4.90. The van der Waals surface area contributed by atoms with Crippen LogP contribution in [0.15, 0.2) is 63.2 Å². The maximum atomic E-state index is 12.5.